The van der Waals surface area contributed by atoms with Crippen LogP contribution in [0.2, 0.25) is 0 Å². The second kappa shape index (κ2) is 19.2. The highest BCUT2D eigenvalue weighted by atomic mass is 16.5. The third-order valence-electron chi connectivity index (χ3n) is 10.7. The van der Waals surface area contributed by atoms with Crippen molar-refractivity contribution < 1.29 is 4.74 Å². The van der Waals surface area contributed by atoms with E-state index in [-0.39, 0.29) is 62.6 Å². The Balaban J connectivity index is 1.25. The van der Waals surface area contributed by atoms with Gasteiger partial charge in [-0.05, 0) is 27.8 Å². The maximum absolute atomic E-state index is 14.6. The summed E-state index contributed by atoms with van der Waals surface area (Å²) in [6.07, 6.45) is 4.22. The molecule has 8 rings (SSSR count). The van der Waals surface area contributed by atoms with Gasteiger partial charge in [0.25, 0.3) is 16.7 Å². The number of hydrogen-bond donors (Lipinski definition) is 0. The van der Waals surface area contributed by atoms with Crippen molar-refractivity contribution in [2.75, 3.05) is 0 Å². The SMILES string of the molecule is O=c1c(Cn2cc(COCc3ccccc3)c(=O)n(Cc3cn(Cc4ccccc4)c(=O)n(Cc4ccccc4)c3=O)c2=O)cn(Cc2ccccc2)c(=O)n1Cc1ccccc1. The summed E-state index contributed by atoms with van der Waals surface area (Å²) < 4.78 is 13.3. The molecule has 8 aromatic rings. The third kappa shape index (κ3) is 9.85. The fraction of sp³-hybridized carbons (Fsp3) is 0.160. The molecule has 5 aromatic carbocycles. The van der Waals surface area contributed by atoms with Crippen LogP contribution >= 0.6 is 0 Å². The first-order chi connectivity index (χ1) is 30.7. The predicted molar refractivity (Wildman–Crippen MR) is 240 cm³/mol. The molecular weight excluding hydrogens is 797 g/mol. The summed E-state index contributed by atoms with van der Waals surface area (Å²) in [6, 6.07) is 46.2. The number of hydrogen-bond acceptors (Lipinski definition) is 7. The van der Waals surface area contributed by atoms with Crippen LogP contribution in [0.25, 0.3) is 0 Å². The number of benzene rings is 5. The normalized spacial score (nSPS) is 11.2. The molecule has 0 aliphatic carbocycles. The van der Waals surface area contributed by atoms with E-state index in [4.69, 9.17) is 4.74 Å². The van der Waals surface area contributed by atoms with Crippen LogP contribution in [0.3, 0.4) is 0 Å². The molecule has 3 heterocycles. The van der Waals surface area contributed by atoms with Gasteiger partial charge in [-0.3, -0.25) is 41.8 Å². The van der Waals surface area contributed by atoms with E-state index in [9.17, 15) is 28.8 Å². The quantitative estimate of drug-likeness (QED) is 0.138. The molecule has 0 spiro atoms. The van der Waals surface area contributed by atoms with Crippen molar-refractivity contribution in [1.29, 1.82) is 0 Å². The van der Waals surface area contributed by atoms with Gasteiger partial charge in [0.05, 0.1) is 69.2 Å². The number of ether oxygens (including phenoxy) is 1. The van der Waals surface area contributed by atoms with Crippen molar-refractivity contribution in [1.82, 2.24) is 27.4 Å². The first kappa shape index (κ1) is 41.8. The van der Waals surface area contributed by atoms with Gasteiger partial charge in [-0.2, -0.15) is 0 Å². The molecule has 13 nitrogen and oxygen atoms in total. The zero-order valence-electron chi connectivity index (χ0n) is 34.4. The van der Waals surface area contributed by atoms with E-state index in [2.05, 4.69) is 0 Å². The molecule has 13 heteroatoms. The standard InChI is InChI=1S/C50H44N6O7/c57-45-42(30-51(26-37-16-6-1-7-17-37)48(60)54(45)28-39-20-10-3-11-21-39)31-53-33-44(36-63-35-41-24-14-5-15-25-41)47(59)56(50(53)62)34-43-32-52(27-38-18-8-2-9-19-38)49(61)55(46(43)58)29-40-22-12-4-13-23-40/h1-25,30,32-33H,26-29,31,34-36H2. The fourth-order valence-electron chi connectivity index (χ4n) is 7.51. The molecule has 0 atom stereocenters. The average molecular weight is 841 g/mol. The van der Waals surface area contributed by atoms with Crippen LogP contribution in [0.5, 0.6) is 0 Å². The van der Waals surface area contributed by atoms with Crippen LogP contribution in [0.4, 0.5) is 0 Å². The van der Waals surface area contributed by atoms with E-state index in [0.29, 0.717) is 5.56 Å². The Morgan fingerprint density at radius 3 is 1.02 bits per heavy atom. The minimum absolute atomic E-state index is 0.0118. The number of rotatable bonds is 16. The Labute approximate surface area is 360 Å². The molecule has 0 amide bonds. The molecule has 63 heavy (non-hydrogen) atoms. The molecule has 0 bridgehead atoms. The Morgan fingerprint density at radius 1 is 0.302 bits per heavy atom. The molecule has 0 unspecified atom stereocenters. The Morgan fingerprint density at radius 2 is 0.603 bits per heavy atom. The van der Waals surface area contributed by atoms with Gasteiger partial charge < -0.3 is 4.74 Å². The lowest BCUT2D eigenvalue weighted by Crippen LogP contribution is -2.46. The molecule has 0 saturated heterocycles. The van der Waals surface area contributed by atoms with Crippen LogP contribution in [0.1, 0.15) is 44.5 Å². The van der Waals surface area contributed by atoms with Gasteiger partial charge in [-0.1, -0.05) is 152 Å². The van der Waals surface area contributed by atoms with E-state index in [0.717, 1.165) is 36.0 Å². The summed E-state index contributed by atoms with van der Waals surface area (Å²) in [6.45, 7) is -0.611. The van der Waals surface area contributed by atoms with E-state index < -0.39 is 40.3 Å². The lowest BCUT2D eigenvalue weighted by Gasteiger charge is -2.17. The first-order valence-electron chi connectivity index (χ1n) is 20.5. The summed E-state index contributed by atoms with van der Waals surface area (Å²) in [5, 5.41) is 0. The van der Waals surface area contributed by atoms with Crippen molar-refractivity contribution in [2.24, 2.45) is 0 Å². The van der Waals surface area contributed by atoms with Gasteiger partial charge in [0.15, 0.2) is 0 Å². The summed E-state index contributed by atoms with van der Waals surface area (Å²) in [5.41, 5.74) is 0.325. The molecule has 0 aliphatic rings. The Hall–Kier alpha value is -7.90. The number of nitrogens with zero attached hydrogens (tertiary/aromatic N) is 6. The van der Waals surface area contributed by atoms with Gasteiger partial charge in [-0.25, -0.2) is 14.4 Å². The molecule has 316 valence electrons. The molecule has 0 N–H and O–H groups in total. The van der Waals surface area contributed by atoms with Crippen LogP contribution < -0.4 is 33.7 Å². The molecule has 3 aromatic heterocycles. The summed E-state index contributed by atoms with van der Waals surface area (Å²) >= 11 is 0. The van der Waals surface area contributed by atoms with Crippen LogP contribution in [-0.2, 0) is 57.2 Å². The molecule has 0 fully saturated rings. The topological polar surface area (TPSA) is 141 Å². The van der Waals surface area contributed by atoms with Crippen molar-refractivity contribution >= 4 is 0 Å². The number of aromatic nitrogens is 6. The largest absolute Gasteiger partial charge is 0.372 e. The highest BCUT2D eigenvalue weighted by molar-refractivity contribution is 5.22. The van der Waals surface area contributed by atoms with Gasteiger partial charge in [0.1, 0.15) is 0 Å². The van der Waals surface area contributed by atoms with E-state index in [1.165, 1.54) is 32.3 Å². The second-order valence-corrected chi connectivity index (χ2v) is 15.3. The van der Waals surface area contributed by atoms with Crippen molar-refractivity contribution in [2.45, 2.75) is 52.5 Å². The zero-order valence-corrected chi connectivity index (χ0v) is 34.4. The maximum Gasteiger partial charge on any atom is 0.331 e. The molecule has 0 saturated carbocycles. The van der Waals surface area contributed by atoms with Crippen LogP contribution in [0, 0.1) is 0 Å². The van der Waals surface area contributed by atoms with Gasteiger partial charge >= 0.3 is 17.1 Å². The van der Waals surface area contributed by atoms with Crippen LogP contribution in [0.15, 0.2) is 199 Å². The lowest BCUT2D eigenvalue weighted by molar-refractivity contribution is 0.105. The smallest absolute Gasteiger partial charge is 0.331 e. The highest BCUT2D eigenvalue weighted by Crippen LogP contribution is 2.09. The Bertz CT molecular complexity index is 3210. The van der Waals surface area contributed by atoms with E-state index in [1.807, 2.05) is 140 Å². The zero-order chi connectivity index (χ0) is 43.7. The average Bonchev–Trinajstić information content (AvgIpc) is 3.31. The lowest BCUT2D eigenvalue weighted by atomic mass is 10.2. The third-order valence-corrected chi connectivity index (χ3v) is 10.7. The van der Waals surface area contributed by atoms with Crippen molar-refractivity contribution in [3.05, 3.63) is 277 Å². The molecule has 0 radical (unpaired) electrons. The van der Waals surface area contributed by atoms with Gasteiger partial charge in [0, 0.05) is 18.6 Å². The summed E-state index contributed by atoms with van der Waals surface area (Å²) in [4.78, 5) is 85.5. The minimum atomic E-state index is -0.809. The molecular formula is C50H44N6O7. The first-order valence-corrected chi connectivity index (χ1v) is 20.5. The second-order valence-electron chi connectivity index (χ2n) is 15.3. The monoisotopic (exact) mass is 840 g/mol. The summed E-state index contributed by atoms with van der Waals surface area (Å²) in [5.74, 6) is 0. The van der Waals surface area contributed by atoms with Crippen molar-refractivity contribution in [3.8, 4) is 0 Å². The summed E-state index contributed by atoms with van der Waals surface area (Å²) in [7, 11) is 0. The predicted octanol–water partition coefficient (Wildman–Crippen LogP) is 4.66. The minimum Gasteiger partial charge on any atom is -0.372 e. The van der Waals surface area contributed by atoms with E-state index in [1.54, 1.807) is 12.1 Å². The maximum atomic E-state index is 14.6. The van der Waals surface area contributed by atoms with Gasteiger partial charge in [0.2, 0.25) is 0 Å². The Kier molecular flexibility index (Phi) is 12.8. The molecule has 0 aliphatic heterocycles. The van der Waals surface area contributed by atoms with Crippen LogP contribution in [-0.4, -0.2) is 27.4 Å². The van der Waals surface area contributed by atoms with Crippen molar-refractivity contribution in [3.63, 3.8) is 0 Å². The van der Waals surface area contributed by atoms with E-state index >= 15 is 0 Å². The van der Waals surface area contributed by atoms with Gasteiger partial charge in [-0.15, -0.1) is 0 Å². The highest BCUT2D eigenvalue weighted by Gasteiger charge is 2.20. The fourth-order valence-corrected chi connectivity index (χ4v) is 7.51.